The average molecular weight is 511 g/mol. The maximum atomic E-state index is 13.0. The van der Waals surface area contributed by atoms with Crippen molar-refractivity contribution in [3.8, 4) is 0 Å². The van der Waals surface area contributed by atoms with E-state index in [1.165, 1.54) is 0 Å². The van der Waals surface area contributed by atoms with Crippen molar-refractivity contribution in [1.29, 1.82) is 0 Å². The van der Waals surface area contributed by atoms with E-state index in [0.717, 1.165) is 5.56 Å². The Labute approximate surface area is 199 Å². The molecule has 5 rings (SSSR count). The number of anilines is 2. The van der Waals surface area contributed by atoms with Crippen LogP contribution in [-0.4, -0.2) is 31.9 Å². The highest BCUT2D eigenvalue weighted by Gasteiger charge is 2.60. The van der Waals surface area contributed by atoms with E-state index in [4.69, 9.17) is 11.6 Å². The third-order valence-corrected chi connectivity index (χ3v) is 7.92. The van der Waals surface area contributed by atoms with E-state index in [1.54, 1.807) is 66.7 Å². The largest absolute Gasteiger partial charge is 0.458 e. The van der Waals surface area contributed by atoms with Crippen LogP contribution in [0.1, 0.15) is 17.5 Å². The van der Waals surface area contributed by atoms with E-state index in [9.17, 15) is 27.4 Å². The van der Waals surface area contributed by atoms with E-state index in [2.05, 4.69) is 9.99 Å². The fourth-order valence-electron chi connectivity index (χ4n) is 4.00. The molecule has 1 atom stereocenters. The van der Waals surface area contributed by atoms with Gasteiger partial charge in [-0.15, -0.1) is 10.6 Å². The van der Waals surface area contributed by atoms with Crippen LogP contribution in [0.5, 0.6) is 0 Å². The lowest BCUT2D eigenvalue weighted by atomic mass is 10.0. The van der Waals surface area contributed by atoms with Crippen LogP contribution >= 0.6 is 22.2 Å². The first kappa shape index (κ1) is 23.0. The summed E-state index contributed by atoms with van der Waals surface area (Å²) in [6.07, 6.45) is -5.77. The minimum atomic E-state index is -4.97. The molecule has 0 aliphatic carbocycles. The number of benzene rings is 3. The summed E-state index contributed by atoms with van der Waals surface area (Å²) in [5, 5.41) is 13.5. The highest BCUT2D eigenvalue weighted by molar-refractivity contribution is 8.24. The van der Waals surface area contributed by atoms with Crippen molar-refractivity contribution in [2.24, 2.45) is 5.16 Å². The summed E-state index contributed by atoms with van der Waals surface area (Å²) in [7, 11) is -3.23. The Hall–Kier alpha value is -2.76. The first-order chi connectivity index (χ1) is 16.0. The second-order valence-electron chi connectivity index (χ2n) is 8.00. The Kier molecular flexibility index (Phi) is 5.34. The predicted molar refractivity (Wildman–Crippen MR) is 123 cm³/mol. The summed E-state index contributed by atoms with van der Waals surface area (Å²) in [6.45, 7) is 0.329. The topological polar surface area (TPSA) is 85.5 Å². The van der Waals surface area contributed by atoms with Crippen molar-refractivity contribution in [3.63, 3.8) is 0 Å². The molecule has 178 valence electrons. The molecule has 2 aliphatic rings. The highest BCUT2D eigenvalue weighted by Crippen LogP contribution is 2.65. The summed E-state index contributed by atoms with van der Waals surface area (Å²) >= 11 is 6.21. The van der Waals surface area contributed by atoms with Gasteiger partial charge in [-0.25, -0.2) is 0 Å². The van der Waals surface area contributed by atoms with Gasteiger partial charge in [-0.3, -0.25) is 9.11 Å². The third kappa shape index (κ3) is 3.71. The number of hydrogen-bond acceptors (Lipinski definition) is 6. The molecule has 1 unspecified atom stereocenters. The molecule has 0 amide bonds. The monoisotopic (exact) mass is 510 g/mol. The van der Waals surface area contributed by atoms with Gasteiger partial charge in [0.05, 0.1) is 33.3 Å². The van der Waals surface area contributed by atoms with Crippen LogP contribution in [0.2, 0.25) is 5.02 Å². The summed E-state index contributed by atoms with van der Waals surface area (Å²) in [4.78, 5) is 6.94. The van der Waals surface area contributed by atoms with Gasteiger partial charge >= 0.3 is 12.0 Å². The summed E-state index contributed by atoms with van der Waals surface area (Å²) in [5.41, 5.74) is 2.35. The molecule has 0 saturated carbocycles. The molecule has 3 N–H and O–H groups in total. The number of rotatable bonds is 3. The van der Waals surface area contributed by atoms with Gasteiger partial charge in [0.1, 0.15) is 0 Å². The predicted octanol–water partition coefficient (Wildman–Crippen LogP) is 6.54. The molecule has 2 aliphatic heterocycles. The SMILES string of the molecule is OC1(C(F)(F)F)CC(c2ccc(CN3c4ccccc4S(O)(O)c4ccc(Cl)cc43)cc2)=NO1. The standard InChI is InChI=1S/C23H18ClF3N2O4S/c24-16-9-10-21-19(11-16)29(18-3-1-2-4-20(18)34(21,31)32)13-14-5-7-15(8-6-14)17-12-22(30,33-28-17)23(25,26)27/h1-11,30-32H,12-13H2. The molecule has 0 radical (unpaired) electrons. The Morgan fingerprint density at radius 1 is 1.00 bits per heavy atom. The van der Waals surface area contributed by atoms with Crippen LogP contribution < -0.4 is 4.90 Å². The maximum Gasteiger partial charge on any atom is 0.458 e. The van der Waals surface area contributed by atoms with Gasteiger partial charge in [0.2, 0.25) is 0 Å². The van der Waals surface area contributed by atoms with Crippen molar-refractivity contribution in [1.82, 2.24) is 0 Å². The molecular weight excluding hydrogens is 493 g/mol. The van der Waals surface area contributed by atoms with Crippen molar-refractivity contribution in [2.45, 2.75) is 34.7 Å². The van der Waals surface area contributed by atoms with Crippen LogP contribution in [0.15, 0.2) is 81.7 Å². The molecule has 0 fully saturated rings. The Bertz CT molecular complexity index is 1300. The highest BCUT2D eigenvalue weighted by atomic mass is 35.5. The van der Waals surface area contributed by atoms with Gasteiger partial charge in [0.25, 0.3) is 0 Å². The molecular formula is C23H18ClF3N2O4S. The van der Waals surface area contributed by atoms with E-state index in [-0.39, 0.29) is 5.71 Å². The number of hydrogen-bond donors (Lipinski definition) is 3. The first-order valence-electron chi connectivity index (χ1n) is 10.1. The number of aliphatic hydroxyl groups is 1. The molecule has 34 heavy (non-hydrogen) atoms. The molecule has 0 spiro atoms. The molecule has 3 aromatic rings. The molecule has 0 aromatic heterocycles. The van der Waals surface area contributed by atoms with Crippen molar-refractivity contribution in [2.75, 3.05) is 4.90 Å². The molecule has 6 nitrogen and oxygen atoms in total. The number of alkyl halides is 3. The second-order valence-corrected chi connectivity index (χ2v) is 10.4. The molecule has 11 heteroatoms. The fourth-order valence-corrected chi connectivity index (χ4v) is 5.86. The minimum Gasteiger partial charge on any atom is -0.350 e. The number of para-hydroxylation sites is 1. The van der Waals surface area contributed by atoms with Gasteiger partial charge in [-0.05, 0) is 41.5 Å². The lowest BCUT2D eigenvalue weighted by Gasteiger charge is -2.44. The lowest BCUT2D eigenvalue weighted by Crippen LogP contribution is -2.45. The molecule has 0 saturated heterocycles. The Morgan fingerprint density at radius 3 is 2.35 bits per heavy atom. The van der Waals surface area contributed by atoms with E-state index < -0.39 is 29.0 Å². The van der Waals surface area contributed by atoms with Gasteiger partial charge in [0.15, 0.2) is 0 Å². The van der Waals surface area contributed by atoms with Crippen LogP contribution in [0, 0.1) is 0 Å². The first-order valence-corrected chi connectivity index (χ1v) is 12.0. The zero-order valence-corrected chi connectivity index (χ0v) is 18.9. The van der Waals surface area contributed by atoms with Crippen molar-refractivity contribution in [3.05, 3.63) is 82.9 Å². The Morgan fingerprint density at radius 2 is 1.68 bits per heavy atom. The quantitative estimate of drug-likeness (QED) is 0.373. The smallest absolute Gasteiger partial charge is 0.350 e. The number of halogens is 4. The van der Waals surface area contributed by atoms with Crippen molar-refractivity contribution >= 4 is 39.3 Å². The average Bonchev–Trinajstić information content (AvgIpc) is 3.21. The van der Waals surface area contributed by atoms with Crippen LogP contribution in [0.25, 0.3) is 0 Å². The maximum absolute atomic E-state index is 13.0. The van der Waals surface area contributed by atoms with Crippen LogP contribution in [0.3, 0.4) is 0 Å². The zero-order chi connectivity index (χ0) is 24.3. The number of oxime groups is 1. The minimum absolute atomic E-state index is 0.0132. The van der Waals surface area contributed by atoms with Crippen molar-refractivity contribution < 1.29 is 32.2 Å². The van der Waals surface area contributed by atoms with E-state index >= 15 is 0 Å². The van der Waals surface area contributed by atoms with Crippen LogP contribution in [-0.2, 0) is 11.4 Å². The Balaban J connectivity index is 1.45. The summed E-state index contributed by atoms with van der Waals surface area (Å²) in [5.74, 6) is -3.33. The number of nitrogens with zero attached hydrogens (tertiary/aromatic N) is 2. The normalized spacial score (nSPS) is 21.9. The van der Waals surface area contributed by atoms with Crippen LogP contribution in [0.4, 0.5) is 24.5 Å². The van der Waals surface area contributed by atoms with E-state index in [1.807, 2.05) is 4.90 Å². The van der Waals surface area contributed by atoms with Gasteiger partial charge in [-0.1, -0.05) is 53.2 Å². The summed E-state index contributed by atoms with van der Waals surface area (Å²) < 4.78 is 60.9. The van der Waals surface area contributed by atoms with Gasteiger partial charge < -0.3 is 14.8 Å². The van der Waals surface area contributed by atoms with E-state index in [0.29, 0.717) is 38.3 Å². The fraction of sp³-hybridized carbons (Fsp3) is 0.174. The summed E-state index contributed by atoms with van der Waals surface area (Å²) in [6, 6.07) is 18.5. The molecule has 2 heterocycles. The lowest BCUT2D eigenvalue weighted by molar-refractivity contribution is -0.355. The van der Waals surface area contributed by atoms with Gasteiger partial charge in [-0.2, -0.15) is 13.2 Å². The number of fused-ring (bicyclic) bond motifs is 2. The zero-order valence-electron chi connectivity index (χ0n) is 17.3. The second kappa shape index (κ2) is 7.89. The third-order valence-electron chi connectivity index (χ3n) is 5.77. The van der Waals surface area contributed by atoms with Gasteiger partial charge in [0, 0.05) is 11.6 Å². The molecule has 0 bridgehead atoms. The molecule has 3 aromatic carbocycles.